The van der Waals surface area contributed by atoms with Crippen LogP contribution in [-0.2, 0) is 19.6 Å². The predicted molar refractivity (Wildman–Crippen MR) is 102 cm³/mol. The summed E-state index contributed by atoms with van der Waals surface area (Å²) < 4.78 is 7.81. The highest BCUT2D eigenvalue weighted by atomic mass is 16.3. The zero-order valence-electron chi connectivity index (χ0n) is 16.3. The Morgan fingerprint density at radius 2 is 2.08 bits per heavy atom. The molecule has 0 saturated carbocycles. The van der Waals surface area contributed by atoms with Gasteiger partial charge in [0, 0.05) is 57.1 Å². The third kappa shape index (κ3) is 4.75. The Labute approximate surface area is 156 Å². The Kier molecular flexibility index (Phi) is 6.51. The van der Waals surface area contributed by atoms with Gasteiger partial charge in [0.2, 0.25) is 0 Å². The second kappa shape index (κ2) is 8.84. The van der Waals surface area contributed by atoms with Gasteiger partial charge >= 0.3 is 0 Å². The van der Waals surface area contributed by atoms with Crippen molar-refractivity contribution in [2.45, 2.75) is 59.3 Å². The molecule has 1 saturated heterocycles. The number of rotatable bonds is 8. The third-order valence-electron chi connectivity index (χ3n) is 5.20. The van der Waals surface area contributed by atoms with Crippen LogP contribution >= 0.6 is 0 Å². The van der Waals surface area contributed by atoms with Gasteiger partial charge in [-0.05, 0) is 38.8 Å². The molecule has 0 aliphatic carbocycles. The summed E-state index contributed by atoms with van der Waals surface area (Å²) in [5, 5.41) is 14.1. The summed E-state index contributed by atoms with van der Waals surface area (Å²) in [7, 11) is 0. The van der Waals surface area contributed by atoms with Crippen molar-refractivity contribution in [2.24, 2.45) is 0 Å². The number of aryl methyl sites for hydroxylation is 3. The fourth-order valence-electron chi connectivity index (χ4n) is 3.80. The first-order chi connectivity index (χ1) is 12.6. The highest BCUT2D eigenvalue weighted by Crippen LogP contribution is 2.20. The number of aliphatic hydroxyl groups excluding tert-OH is 1. The van der Waals surface area contributed by atoms with Gasteiger partial charge in [-0.2, -0.15) is 5.10 Å². The molecule has 0 amide bonds. The molecule has 0 spiro atoms. The zero-order valence-corrected chi connectivity index (χ0v) is 16.3. The van der Waals surface area contributed by atoms with Crippen LogP contribution < -0.4 is 0 Å². The van der Waals surface area contributed by atoms with Crippen LogP contribution in [0.25, 0.3) is 0 Å². The Hall–Kier alpha value is -1.63. The largest absolute Gasteiger partial charge is 0.465 e. The highest BCUT2D eigenvalue weighted by molar-refractivity contribution is 5.15. The minimum atomic E-state index is 0.222. The summed E-state index contributed by atoms with van der Waals surface area (Å²) in [5.74, 6) is 1.97. The Balaban J connectivity index is 1.61. The molecule has 6 heteroatoms. The summed E-state index contributed by atoms with van der Waals surface area (Å²) in [6.07, 6.45) is 4.09. The fourth-order valence-corrected chi connectivity index (χ4v) is 3.80. The maximum absolute atomic E-state index is 9.51. The lowest BCUT2D eigenvalue weighted by Gasteiger charge is -2.41. The van der Waals surface area contributed by atoms with Gasteiger partial charge in [-0.1, -0.05) is 6.92 Å². The van der Waals surface area contributed by atoms with Crippen LogP contribution in [0.3, 0.4) is 0 Å². The van der Waals surface area contributed by atoms with Crippen LogP contribution in [0.1, 0.15) is 42.5 Å². The van der Waals surface area contributed by atoms with Gasteiger partial charge in [0.15, 0.2) is 0 Å². The van der Waals surface area contributed by atoms with Crippen molar-refractivity contribution in [1.82, 2.24) is 19.6 Å². The van der Waals surface area contributed by atoms with Crippen LogP contribution in [-0.4, -0.2) is 57.0 Å². The van der Waals surface area contributed by atoms with Crippen LogP contribution in [0, 0.1) is 13.8 Å². The predicted octanol–water partition coefficient (Wildman–Crippen LogP) is 2.57. The Morgan fingerprint density at radius 3 is 2.77 bits per heavy atom. The molecule has 1 aliphatic heterocycles. The second-order valence-corrected chi connectivity index (χ2v) is 7.39. The first-order valence-electron chi connectivity index (χ1n) is 9.74. The van der Waals surface area contributed by atoms with Gasteiger partial charge < -0.3 is 9.52 Å². The van der Waals surface area contributed by atoms with E-state index in [9.17, 15) is 5.11 Å². The summed E-state index contributed by atoms with van der Waals surface area (Å²) in [5.41, 5.74) is 2.45. The van der Waals surface area contributed by atoms with Crippen molar-refractivity contribution in [1.29, 1.82) is 0 Å². The minimum absolute atomic E-state index is 0.222. The number of piperazine rings is 1. The molecule has 1 aliphatic rings. The molecule has 0 aromatic carbocycles. The van der Waals surface area contributed by atoms with Gasteiger partial charge in [0.1, 0.15) is 11.5 Å². The van der Waals surface area contributed by atoms with E-state index in [1.54, 1.807) is 0 Å². The molecule has 2 aromatic rings. The SMILES string of the molecule is CCCn1cc(CN2CCN(Cc3ccc(C)o3)[C@H](CCO)C2)c(C)n1. The van der Waals surface area contributed by atoms with E-state index in [2.05, 4.69) is 45.7 Å². The van der Waals surface area contributed by atoms with Crippen molar-refractivity contribution >= 4 is 0 Å². The number of nitrogens with zero attached hydrogens (tertiary/aromatic N) is 4. The number of aromatic nitrogens is 2. The zero-order chi connectivity index (χ0) is 18.5. The third-order valence-corrected chi connectivity index (χ3v) is 5.20. The van der Waals surface area contributed by atoms with E-state index in [1.807, 2.05) is 13.0 Å². The van der Waals surface area contributed by atoms with E-state index < -0.39 is 0 Å². The first kappa shape index (κ1) is 19.1. The molecular formula is C20H32N4O2. The van der Waals surface area contributed by atoms with Crippen LogP contribution in [0.2, 0.25) is 0 Å². The average Bonchev–Trinajstić information content (AvgIpc) is 3.16. The number of aliphatic hydroxyl groups is 1. The summed E-state index contributed by atoms with van der Waals surface area (Å²) in [4.78, 5) is 4.93. The highest BCUT2D eigenvalue weighted by Gasteiger charge is 2.27. The number of furan rings is 1. The van der Waals surface area contributed by atoms with Crippen molar-refractivity contribution < 1.29 is 9.52 Å². The quantitative estimate of drug-likeness (QED) is 0.784. The molecule has 0 unspecified atom stereocenters. The fraction of sp³-hybridized carbons (Fsp3) is 0.650. The van der Waals surface area contributed by atoms with E-state index in [0.717, 1.165) is 69.3 Å². The molecule has 26 heavy (non-hydrogen) atoms. The topological polar surface area (TPSA) is 57.7 Å². The lowest BCUT2D eigenvalue weighted by molar-refractivity contribution is 0.0453. The van der Waals surface area contributed by atoms with Crippen molar-refractivity contribution in [3.63, 3.8) is 0 Å². The van der Waals surface area contributed by atoms with E-state index in [1.165, 1.54) is 5.56 Å². The van der Waals surface area contributed by atoms with Crippen molar-refractivity contribution in [3.05, 3.63) is 41.1 Å². The molecule has 0 bridgehead atoms. The van der Waals surface area contributed by atoms with Crippen molar-refractivity contribution in [3.8, 4) is 0 Å². The standard InChI is InChI=1S/C20H32N4O2/c1-4-8-24-13-18(17(3)21-24)12-22-9-10-23(19(14-22)7-11-25)15-20-6-5-16(2)26-20/h5-6,13,19,25H,4,7-12,14-15H2,1-3H3/t19-/m1/s1. The van der Waals surface area contributed by atoms with E-state index in [4.69, 9.17) is 4.42 Å². The lowest BCUT2D eigenvalue weighted by atomic mass is 10.1. The smallest absolute Gasteiger partial charge is 0.118 e. The summed E-state index contributed by atoms with van der Waals surface area (Å²) in [6.45, 7) is 12.2. The molecule has 3 rings (SSSR count). The molecule has 1 fully saturated rings. The molecule has 1 atom stereocenters. The lowest BCUT2D eigenvalue weighted by Crippen LogP contribution is -2.52. The van der Waals surface area contributed by atoms with Crippen molar-refractivity contribution in [2.75, 3.05) is 26.2 Å². The van der Waals surface area contributed by atoms with E-state index in [0.29, 0.717) is 6.04 Å². The number of hydrogen-bond acceptors (Lipinski definition) is 5. The van der Waals surface area contributed by atoms with E-state index in [-0.39, 0.29) is 6.61 Å². The van der Waals surface area contributed by atoms with Gasteiger partial charge in [-0.15, -0.1) is 0 Å². The Bertz CT molecular complexity index is 694. The van der Waals surface area contributed by atoms with Gasteiger partial charge in [-0.25, -0.2) is 0 Å². The molecule has 2 aromatic heterocycles. The molecule has 1 N–H and O–H groups in total. The molecule has 6 nitrogen and oxygen atoms in total. The Morgan fingerprint density at radius 1 is 1.23 bits per heavy atom. The number of hydrogen-bond donors (Lipinski definition) is 1. The first-order valence-corrected chi connectivity index (χ1v) is 9.74. The summed E-state index contributed by atoms with van der Waals surface area (Å²) in [6, 6.07) is 4.43. The van der Waals surface area contributed by atoms with Crippen LogP contribution in [0.5, 0.6) is 0 Å². The normalized spacial score (nSPS) is 19.3. The molecule has 3 heterocycles. The van der Waals surface area contributed by atoms with Gasteiger partial charge in [0.25, 0.3) is 0 Å². The van der Waals surface area contributed by atoms with Gasteiger partial charge in [0.05, 0.1) is 12.2 Å². The molecular weight excluding hydrogens is 328 g/mol. The molecule has 144 valence electrons. The monoisotopic (exact) mass is 360 g/mol. The molecule has 0 radical (unpaired) electrons. The maximum atomic E-state index is 9.51. The average molecular weight is 361 g/mol. The maximum Gasteiger partial charge on any atom is 0.118 e. The van der Waals surface area contributed by atoms with Gasteiger partial charge in [-0.3, -0.25) is 14.5 Å². The second-order valence-electron chi connectivity index (χ2n) is 7.39. The van der Waals surface area contributed by atoms with E-state index >= 15 is 0 Å². The van der Waals surface area contributed by atoms with Crippen LogP contribution in [0.15, 0.2) is 22.7 Å². The van der Waals surface area contributed by atoms with Crippen LogP contribution in [0.4, 0.5) is 0 Å². The summed E-state index contributed by atoms with van der Waals surface area (Å²) >= 11 is 0. The minimum Gasteiger partial charge on any atom is -0.465 e.